The maximum Gasteiger partial charge on any atom is 0.331 e. The number of ketones is 1. The summed E-state index contributed by atoms with van der Waals surface area (Å²) in [6.07, 6.45) is 2.72. The van der Waals surface area contributed by atoms with Crippen molar-refractivity contribution in [1.29, 1.82) is 0 Å². The van der Waals surface area contributed by atoms with E-state index in [0.717, 1.165) is 23.1 Å². The molecule has 3 rings (SSSR count). The van der Waals surface area contributed by atoms with E-state index in [1.807, 2.05) is 25.1 Å². The van der Waals surface area contributed by atoms with E-state index >= 15 is 0 Å². The normalized spacial score (nSPS) is 13.9. The van der Waals surface area contributed by atoms with Crippen molar-refractivity contribution in [3.05, 3.63) is 70.6 Å². The number of rotatable bonds is 6. The van der Waals surface area contributed by atoms with E-state index in [2.05, 4.69) is 0 Å². The summed E-state index contributed by atoms with van der Waals surface area (Å²) in [4.78, 5) is 23.6. The van der Waals surface area contributed by atoms with Crippen LogP contribution >= 0.6 is 0 Å². The lowest BCUT2D eigenvalue weighted by molar-refractivity contribution is -0.133. The van der Waals surface area contributed by atoms with E-state index in [1.165, 1.54) is 6.07 Å². The number of halogens is 1. The van der Waals surface area contributed by atoms with Crippen LogP contribution in [-0.4, -0.2) is 16.9 Å². The number of carbonyl (C=O) groups excluding carboxylic acids is 1. The van der Waals surface area contributed by atoms with Gasteiger partial charge in [-0.15, -0.1) is 0 Å². The summed E-state index contributed by atoms with van der Waals surface area (Å²) >= 11 is 0. The van der Waals surface area contributed by atoms with E-state index in [4.69, 9.17) is 0 Å². The van der Waals surface area contributed by atoms with Crippen LogP contribution in [0.25, 0.3) is 11.1 Å². The van der Waals surface area contributed by atoms with Gasteiger partial charge in [0.25, 0.3) is 0 Å². The number of allylic oxidation sites excluding steroid dienone is 1. The van der Waals surface area contributed by atoms with Gasteiger partial charge in [0.05, 0.1) is 0 Å². The predicted octanol–water partition coefficient (Wildman–Crippen LogP) is 4.73. The summed E-state index contributed by atoms with van der Waals surface area (Å²) in [7, 11) is 0. The molecule has 0 atom stereocenters. The van der Waals surface area contributed by atoms with Gasteiger partial charge in [0.1, 0.15) is 5.82 Å². The Balaban J connectivity index is 1.79. The van der Waals surface area contributed by atoms with Crippen LogP contribution in [0.4, 0.5) is 4.39 Å². The lowest BCUT2D eigenvalue weighted by atomic mass is 9.97. The maximum absolute atomic E-state index is 14.1. The molecular weight excluding hydrogens is 331 g/mol. The van der Waals surface area contributed by atoms with Gasteiger partial charge in [-0.2, -0.15) is 0 Å². The van der Waals surface area contributed by atoms with Gasteiger partial charge in [0.15, 0.2) is 5.78 Å². The first-order chi connectivity index (χ1) is 12.5. The molecule has 0 bridgehead atoms. The van der Waals surface area contributed by atoms with Crippen molar-refractivity contribution in [2.45, 2.75) is 39.0 Å². The Kier molecular flexibility index (Phi) is 5.31. The third kappa shape index (κ3) is 3.74. The standard InChI is InChI=1S/C22H21FO3/c1-2-14-8-11-20(23)19(12-14)16-9-6-15(7-10-16)13-21(24)17-4-3-5-18(17)22(25)26/h6-12H,2-5,13H2,1H3,(H,25,26). The molecule has 0 spiro atoms. The average Bonchev–Trinajstić information content (AvgIpc) is 3.13. The molecular formula is C22H21FO3. The largest absolute Gasteiger partial charge is 0.478 e. The lowest BCUT2D eigenvalue weighted by Crippen LogP contribution is -2.10. The molecule has 0 unspecified atom stereocenters. The van der Waals surface area contributed by atoms with Crippen LogP contribution in [0.15, 0.2) is 53.6 Å². The van der Waals surface area contributed by atoms with Gasteiger partial charge in [0.2, 0.25) is 0 Å². The summed E-state index contributed by atoms with van der Waals surface area (Å²) in [5.41, 5.74) is 3.88. The van der Waals surface area contributed by atoms with Crippen LogP contribution < -0.4 is 0 Å². The van der Waals surface area contributed by atoms with E-state index in [1.54, 1.807) is 18.2 Å². The first-order valence-electron chi connectivity index (χ1n) is 8.86. The Morgan fingerprint density at radius 3 is 2.31 bits per heavy atom. The molecule has 0 saturated heterocycles. The molecule has 0 aromatic heterocycles. The molecule has 4 heteroatoms. The molecule has 0 aliphatic heterocycles. The Hall–Kier alpha value is -2.75. The second kappa shape index (κ2) is 7.65. The third-order valence-corrected chi connectivity index (χ3v) is 4.88. The van der Waals surface area contributed by atoms with Gasteiger partial charge in [-0.3, -0.25) is 4.79 Å². The van der Waals surface area contributed by atoms with Crippen molar-refractivity contribution in [3.63, 3.8) is 0 Å². The highest BCUT2D eigenvalue weighted by Gasteiger charge is 2.25. The average molecular weight is 352 g/mol. The molecule has 134 valence electrons. The number of carbonyl (C=O) groups is 2. The van der Waals surface area contributed by atoms with Crippen LogP contribution in [0.1, 0.15) is 37.3 Å². The molecule has 2 aromatic carbocycles. The second-order valence-electron chi connectivity index (χ2n) is 6.58. The molecule has 0 fully saturated rings. The van der Waals surface area contributed by atoms with Crippen LogP contribution in [0.3, 0.4) is 0 Å². The zero-order valence-corrected chi connectivity index (χ0v) is 14.7. The van der Waals surface area contributed by atoms with Crippen LogP contribution in [0, 0.1) is 5.82 Å². The number of Topliss-reactive ketones (excluding diaryl/α,β-unsaturated/α-hetero) is 1. The molecule has 0 amide bonds. The monoisotopic (exact) mass is 352 g/mol. The van der Waals surface area contributed by atoms with E-state index in [0.29, 0.717) is 30.4 Å². The fraction of sp³-hybridized carbons (Fsp3) is 0.273. The smallest absolute Gasteiger partial charge is 0.331 e. The Morgan fingerprint density at radius 1 is 1.00 bits per heavy atom. The molecule has 26 heavy (non-hydrogen) atoms. The second-order valence-corrected chi connectivity index (χ2v) is 6.58. The van der Waals surface area contributed by atoms with Crippen LogP contribution in [0.5, 0.6) is 0 Å². The van der Waals surface area contributed by atoms with Crippen molar-refractivity contribution >= 4 is 11.8 Å². The van der Waals surface area contributed by atoms with Gasteiger partial charge < -0.3 is 5.11 Å². The van der Waals surface area contributed by atoms with Crippen LogP contribution in [0.2, 0.25) is 0 Å². The predicted molar refractivity (Wildman–Crippen MR) is 98.4 cm³/mol. The number of hydrogen-bond acceptors (Lipinski definition) is 2. The number of benzene rings is 2. The molecule has 3 nitrogen and oxygen atoms in total. The maximum atomic E-state index is 14.1. The molecule has 0 radical (unpaired) electrons. The summed E-state index contributed by atoms with van der Waals surface area (Å²) in [6.45, 7) is 2.02. The fourth-order valence-corrected chi connectivity index (χ4v) is 3.40. The minimum atomic E-state index is -0.993. The first kappa shape index (κ1) is 18.1. The number of carboxylic acids is 1. The van der Waals surface area contributed by atoms with Crippen molar-refractivity contribution in [2.24, 2.45) is 0 Å². The molecule has 0 saturated carbocycles. The van der Waals surface area contributed by atoms with Gasteiger partial charge >= 0.3 is 5.97 Å². The topological polar surface area (TPSA) is 54.4 Å². The molecule has 2 aromatic rings. The minimum Gasteiger partial charge on any atom is -0.478 e. The summed E-state index contributed by atoms with van der Waals surface area (Å²) in [5, 5.41) is 9.18. The Bertz CT molecular complexity index is 879. The van der Waals surface area contributed by atoms with Crippen molar-refractivity contribution < 1.29 is 19.1 Å². The Morgan fingerprint density at radius 2 is 1.65 bits per heavy atom. The first-order valence-corrected chi connectivity index (χ1v) is 8.86. The molecule has 1 aliphatic carbocycles. The third-order valence-electron chi connectivity index (χ3n) is 4.88. The Labute approximate surface area is 152 Å². The summed E-state index contributed by atoms with van der Waals surface area (Å²) < 4.78 is 14.1. The van der Waals surface area contributed by atoms with Crippen molar-refractivity contribution in [1.82, 2.24) is 0 Å². The zero-order chi connectivity index (χ0) is 18.7. The van der Waals surface area contributed by atoms with Crippen LogP contribution in [-0.2, 0) is 22.4 Å². The number of aryl methyl sites for hydroxylation is 1. The lowest BCUT2D eigenvalue weighted by Gasteiger charge is -2.08. The number of hydrogen-bond donors (Lipinski definition) is 1. The quantitative estimate of drug-likeness (QED) is 0.817. The van der Waals surface area contributed by atoms with Gasteiger partial charge in [-0.1, -0.05) is 37.3 Å². The molecule has 1 N–H and O–H groups in total. The number of aliphatic carboxylic acids is 1. The van der Waals surface area contributed by atoms with E-state index < -0.39 is 5.97 Å². The summed E-state index contributed by atoms with van der Waals surface area (Å²) in [6, 6.07) is 12.3. The van der Waals surface area contributed by atoms with Gasteiger partial charge in [-0.25, -0.2) is 9.18 Å². The number of carboxylic acid groups (broad SMARTS) is 1. The SMILES string of the molecule is CCc1ccc(F)c(-c2ccc(CC(=O)C3=C(C(=O)O)CCC3)cc2)c1. The summed E-state index contributed by atoms with van der Waals surface area (Å²) in [5.74, 6) is -1.40. The van der Waals surface area contributed by atoms with E-state index in [-0.39, 0.29) is 23.6 Å². The highest BCUT2D eigenvalue weighted by Crippen LogP contribution is 2.29. The highest BCUT2D eigenvalue weighted by molar-refractivity contribution is 6.04. The zero-order valence-electron chi connectivity index (χ0n) is 14.7. The van der Waals surface area contributed by atoms with E-state index in [9.17, 15) is 19.1 Å². The molecule has 1 aliphatic rings. The fourth-order valence-electron chi connectivity index (χ4n) is 3.40. The van der Waals surface area contributed by atoms with Crippen molar-refractivity contribution in [3.8, 4) is 11.1 Å². The highest BCUT2D eigenvalue weighted by atomic mass is 19.1. The van der Waals surface area contributed by atoms with Gasteiger partial charge in [-0.05, 0) is 54.5 Å². The van der Waals surface area contributed by atoms with Crippen molar-refractivity contribution in [2.75, 3.05) is 0 Å². The molecule has 0 heterocycles. The minimum absolute atomic E-state index is 0.133. The van der Waals surface area contributed by atoms with Gasteiger partial charge in [0, 0.05) is 23.1 Å².